The second-order valence-electron chi connectivity index (χ2n) is 6.68. The molecule has 142 valence electrons. The van der Waals surface area contributed by atoms with Gasteiger partial charge >= 0.3 is 11.9 Å². The maximum atomic E-state index is 11.7. The van der Waals surface area contributed by atoms with Crippen LogP contribution in [0.4, 0.5) is 0 Å². The fraction of sp³-hybridized carbons (Fsp3) is 0.900. The Morgan fingerprint density at radius 3 is 1.67 bits per heavy atom. The third-order valence-electron chi connectivity index (χ3n) is 4.56. The van der Waals surface area contributed by atoms with Gasteiger partial charge in [0.1, 0.15) is 0 Å². The van der Waals surface area contributed by atoms with Crippen LogP contribution in [-0.2, 0) is 14.3 Å². The van der Waals surface area contributed by atoms with Gasteiger partial charge in [-0.25, -0.2) is 0 Å². The molecule has 0 spiro atoms. The third kappa shape index (κ3) is 14.5. The van der Waals surface area contributed by atoms with Crippen LogP contribution in [0.25, 0.3) is 0 Å². The van der Waals surface area contributed by atoms with Crippen LogP contribution in [-0.4, -0.2) is 23.7 Å². The molecule has 0 aliphatic rings. The van der Waals surface area contributed by atoms with E-state index in [9.17, 15) is 9.59 Å². The zero-order valence-corrected chi connectivity index (χ0v) is 15.9. The molecule has 0 fully saturated rings. The molecule has 0 amide bonds. The summed E-state index contributed by atoms with van der Waals surface area (Å²) in [4.78, 5) is 22.1. The van der Waals surface area contributed by atoms with Gasteiger partial charge in [0.15, 0.2) is 0 Å². The summed E-state index contributed by atoms with van der Waals surface area (Å²) in [6.07, 6.45) is 15.2. The fourth-order valence-corrected chi connectivity index (χ4v) is 3.01. The van der Waals surface area contributed by atoms with Gasteiger partial charge in [-0.05, 0) is 26.2 Å². The van der Waals surface area contributed by atoms with E-state index in [-0.39, 0.29) is 11.9 Å². The second-order valence-corrected chi connectivity index (χ2v) is 6.68. The topological polar surface area (TPSA) is 63.6 Å². The fourth-order valence-electron chi connectivity index (χ4n) is 3.01. The summed E-state index contributed by atoms with van der Waals surface area (Å²) in [6, 6.07) is 0. The van der Waals surface area contributed by atoms with Crippen LogP contribution in [0.3, 0.4) is 0 Å². The molecule has 0 saturated carbocycles. The van der Waals surface area contributed by atoms with Crippen LogP contribution in [0.15, 0.2) is 0 Å². The van der Waals surface area contributed by atoms with Crippen molar-refractivity contribution in [3.63, 3.8) is 0 Å². The van der Waals surface area contributed by atoms with Gasteiger partial charge in [-0.1, -0.05) is 71.1 Å². The lowest BCUT2D eigenvalue weighted by Crippen LogP contribution is -2.16. The molecule has 1 N–H and O–H groups in total. The molecule has 24 heavy (non-hydrogen) atoms. The van der Waals surface area contributed by atoms with E-state index < -0.39 is 5.97 Å². The Kier molecular flexibility index (Phi) is 16.0. The molecule has 0 aromatic rings. The van der Waals surface area contributed by atoms with E-state index >= 15 is 0 Å². The number of carboxylic acids is 1. The minimum absolute atomic E-state index is 0.0247. The predicted octanol–water partition coefficient (Wildman–Crippen LogP) is 5.73. The first-order valence-electron chi connectivity index (χ1n) is 10.00. The third-order valence-corrected chi connectivity index (χ3v) is 4.56. The van der Waals surface area contributed by atoms with Gasteiger partial charge in [-0.15, -0.1) is 0 Å². The van der Waals surface area contributed by atoms with Crippen molar-refractivity contribution in [2.24, 2.45) is 5.92 Å². The standard InChI is InChI=1S/C20H38O4/c1-3-18(20(23)24-4-2)16-14-12-10-8-6-5-7-9-11-13-15-17-19(21)22/h18H,3-17H2,1-2H3,(H,21,22). The second kappa shape index (κ2) is 16.8. The summed E-state index contributed by atoms with van der Waals surface area (Å²) in [5.41, 5.74) is 0. The number of esters is 1. The van der Waals surface area contributed by atoms with Gasteiger partial charge in [0, 0.05) is 6.42 Å². The number of ether oxygens (including phenoxy) is 1. The van der Waals surface area contributed by atoms with Crippen molar-refractivity contribution in [1.29, 1.82) is 0 Å². The van der Waals surface area contributed by atoms with E-state index in [0.29, 0.717) is 13.0 Å². The van der Waals surface area contributed by atoms with Crippen LogP contribution in [0, 0.1) is 5.92 Å². The summed E-state index contributed by atoms with van der Waals surface area (Å²) in [6.45, 7) is 4.40. The first-order chi connectivity index (χ1) is 11.6. The lowest BCUT2D eigenvalue weighted by molar-refractivity contribution is -0.148. The molecular formula is C20H38O4. The Hall–Kier alpha value is -1.06. The maximum Gasteiger partial charge on any atom is 0.308 e. The minimum atomic E-state index is -0.678. The van der Waals surface area contributed by atoms with Crippen molar-refractivity contribution in [2.45, 2.75) is 104 Å². The zero-order chi connectivity index (χ0) is 18.0. The van der Waals surface area contributed by atoms with Crippen molar-refractivity contribution in [1.82, 2.24) is 0 Å². The summed E-state index contributed by atoms with van der Waals surface area (Å²) < 4.78 is 5.10. The maximum absolute atomic E-state index is 11.7. The zero-order valence-electron chi connectivity index (χ0n) is 15.9. The van der Waals surface area contributed by atoms with Crippen LogP contribution < -0.4 is 0 Å². The smallest absolute Gasteiger partial charge is 0.308 e. The number of aliphatic carboxylic acids is 1. The number of carbonyl (C=O) groups is 2. The number of unbranched alkanes of at least 4 members (excludes halogenated alkanes) is 10. The van der Waals surface area contributed by atoms with E-state index in [0.717, 1.165) is 32.1 Å². The first kappa shape index (κ1) is 22.9. The van der Waals surface area contributed by atoms with Crippen molar-refractivity contribution in [3.8, 4) is 0 Å². The van der Waals surface area contributed by atoms with Gasteiger partial charge in [0.2, 0.25) is 0 Å². The molecule has 0 aromatic carbocycles. The number of hydrogen-bond donors (Lipinski definition) is 1. The molecule has 1 unspecified atom stereocenters. The van der Waals surface area contributed by atoms with Gasteiger partial charge < -0.3 is 9.84 Å². The largest absolute Gasteiger partial charge is 0.481 e. The van der Waals surface area contributed by atoms with Crippen LogP contribution in [0.5, 0.6) is 0 Å². The molecule has 0 rings (SSSR count). The van der Waals surface area contributed by atoms with Crippen molar-refractivity contribution in [3.05, 3.63) is 0 Å². The molecule has 1 atom stereocenters. The number of rotatable bonds is 17. The number of carboxylic acid groups (broad SMARTS) is 1. The van der Waals surface area contributed by atoms with Crippen LogP contribution in [0.2, 0.25) is 0 Å². The molecular weight excluding hydrogens is 304 g/mol. The summed E-state index contributed by atoms with van der Waals surface area (Å²) in [5, 5.41) is 8.55. The molecule has 0 heterocycles. The monoisotopic (exact) mass is 342 g/mol. The highest BCUT2D eigenvalue weighted by Gasteiger charge is 2.16. The Morgan fingerprint density at radius 2 is 1.25 bits per heavy atom. The van der Waals surface area contributed by atoms with Crippen LogP contribution >= 0.6 is 0 Å². The Morgan fingerprint density at radius 1 is 0.792 bits per heavy atom. The lowest BCUT2D eigenvalue weighted by Gasteiger charge is -2.13. The number of hydrogen-bond acceptors (Lipinski definition) is 3. The molecule has 0 aliphatic heterocycles. The van der Waals surface area contributed by atoms with Crippen molar-refractivity contribution in [2.75, 3.05) is 6.61 Å². The highest BCUT2D eigenvalue weighted by Crippen LogP contribution is 2.17. The minimum Gasteiger partial charge on any atom is -0.481 e. The van der Waals surface area contributed by atoms with Gasteiger partial charge in [-0.3, -0.25) is 9.59 Å². The summed E-state index contributed by atoms with van der Waals surface area (Å²) in [7, 11) is 0. The van der Waals surface area contributed by atoms with Gasteiger partial charge in [-0.2, -0.15) is 0 Å². The Bertz CT molecular complexity index is 315. The SMILES string of the molecule is CCOC(=O)C(CC)CCCCCCCCCCCCCC(=O)O. The summed E-state index contributed by atoms with van der Waals surface area (Å²) >= 11 is 0. The van der Waals surface area contributed by atoms with E-state index in [4.69, 9.17) is 9.84 Å². The predicted molar refractivity (Wildman–Crippen MR) is 98.1 cm³/mol. The lowest BCUT2D eigenvalue weighted by atomic mass is 9.98. The van der Waals surface area contributed by atoms with Crippen LogP contribution in [0.1, 0.15) is 104 Å². The Labute approximate surface area is 148 Å². The quantitative estimate of drug-likeness (QED) is 0.271. The molecule has 4 heteroatoms. The van der Waals surface area contributed by atoms with E-state index in [1.54, 1.807) is 0 Å². The number of carbonyl (C=O) groups excluding carboxylic acids is 1. The average molecular weight is 343 g/mol. The van der Waals surface area contributed by atoms with E-state index in [1.165, 1.54) is 51.4 Å². The van der Waals surface area contributed by atoms with E-state index in [1.807, 2.05) is 6.92 Å². The molecule has 0 saturated heterocycles. The highest BCUT2D eigenvalue weighted by atomic mass is 16.5. The molecule has 0 bridgehead atoms. The average Bonchev–Trinajstić information content (AvgIpc) is 2.55. The van der Waals surface area contributed by atoms with E-state index in [2.05, 4.69) is 6.92 Å². The Balaban J connectivity index is 3.30. The highest BCUT2D eigenvalue weighted by molar-refractivity contribution is 5.72. The van der Waals surface area contributed by atoms with Gasteiger partial charge in [0.05, 0.1) is 12.5 Å². The normalized spacial score (nSPS) is 12.1. The molecule has 4 nitrogen and oxygen atoms in total. The molecule has 0 radical (unpaired) electrons. The summed E-state index contributed by atoms with van der Waals surface area (Å²) in [5.74, 6) is -0.614. The first-order valence-corrected chi connectivity index (χ1v) is 10.00. The van der Waals surface area contributed by atoms with Gasteiger partial charge in [0.25, 0.3) is 0 Å². The van der Waals surface area contributed by atoms with Crippen molar-refractivity contribution >= 4 is 11.9 Å². The van der Waals surface area contributed by atoms with Crippen molar-refractivity contribution < 1.29 is 19.4 Å². The molecule has 0 aromatic heterocycles. The molecule has 0 aliphatic carbocycles.